The van der Waals surface area contributed by atoms with Gasteiger partial charge in [0.15, 0.2) is 0 Å². The summed E-state index contributed by atoms with van der Waals surface area (Å²) in [6.07, 6.45) is 4.74. The van der Waals surface area contributed by atoms with E-state index in [0.717, 1.165) is 24.1 Å². The Kier molecular flexibility index (Phi) is 4.63. The molecule has 0 amide bonds. The van der Waals surface area contributed by atoms with Crippen molar-refractivity contribution < 1.29 is 4.74 Å². The highest BCUT2D eigenvalue weighted by molar-refractivity contribution is 5.82. The monoisotopic (exact) mass is 345 g/mol. The van der Waals surface area contributed by atoms with Crippen LogP contribution < -0.4 is 11.2 Å². The number of nitrogens with one attached hydrogen (secondary N) is 1. The number of aromatic amines is 1. The van der Waals surface area contributed by atoms with Crippen LogP contribution in [-0.4, -0.2) is 31.0 Å². The summed E-state index contributed by atoms with van der Waals surface area (Å²) in [5, 5.41) is 4.16. The highest BCUT2D eigenvalue weighted by Gasteiger charge is 2.19. The minimum absolute atomic E-state index is 0.303. The first-order chi connectivity index (χ1) is 12.0. The Morgan fingerprint density at radius 1 is 1.36 bits per heavy atom. The summed E-state index contributed by atoms with van der Waals surface area (Å²) in [7, 11) is 3.37. The molecule has 3 heterocycles. The lowest BCUT2D eigenvalue weighted by Gasteiger charge is -2.16. The van der Waals surface area contributed by atoms with Crippen molar-refractivity contribution >= 4 is 11.0 Å². The molecule has 3 aromatic rings. The predicted octanol–water partition coefficient (Wildman–Crippen LogP) is 1.86. The average molecular weight is 345 g/mol. The van der Waals surface area contributed by atoms with Gasteiger partial charge in [0.2, 0.25) is 0 Å². The van der Waals surface area contributed by atoms with Gasteiger partial charge in [0.05, 0.1) is 17.4 Å². The summed E-state index contributed by atoms with van der Waals surface area (Å²) in [5.74, 6) is 0. The highest BCUT2D eigenvalue weighted by atomic mass is 16.5. The Morgan fingerprint density at radius 3 is 2.72 bits per heavy atom. The molecule has 8 nitrogen and oxygen atoms in total. The SMILES string of the molecule is CCCCn1c(=O)c2[nH]c(-c3cnn(C)c3)cc2n(C(C)OC)c1=O. The smallest absolute Gasteiger partial charge is 0.333 e. The van der Waals surface area contributed by atoms with Crippen LogP contribution in [0.25, 0.3) is 22.3 Å². The topological polar surface area (TPSA) is 86.8 Å². The molecule has 0 saturated carbocycles. The first kappa shape index (κ1) is 17.2. The van der Waals surface area contributed by atoms with Gasteiger partial charge in [-0.25, -0.2) is 4.79 Å². The molecule has 0 aliphatic heterocycles. The van der Waals surface area contributed by atoms with E-state index < -0.39 is 6.23 Å². The Balaban J connectivity index is 2.30. The molecule has 0 radical (unpaired) electrons. The minimum Gasteiger partial charge on any atom is -0.361 e. The third-order valence-electron chi connectivity index (χ3n) is 4.41. The number of H-pyrrole nitrogens is 1. The molecule has 0 aromatic carbocycles. The molecule has 3 rings (SSSR count). The second-order valence-corrected chi connectivity index (χ2v) is 6.14. The maximum Gasteiger partial charge on any atom is 0.333 e. The molecule has 0 bridgehead atoms. The molecule has 1 unspecified atom stereocenters. The quantitative estimate of drug-likeness (QED) is 0.739. The molecule has 0 saturated heterocycles. The summed E-state index contributed by atoms with van der Waals surface area (Å²) in [6, 6.07) is 1.80. The van der Waals surface area contributed by atoms with Gasteiger partial charge in [0.1, 0.15) is 11.7 Å². The highest BCUT2D eigenvalue weighted by Crippen LogP contribution is 2.23. The number of hydrogen-bond donors (Lipinski definition) is 1. The number of aryl methyl sites for hydroxylation is 1. The first-order valence-corrected chi connectivity index (χ1v) is 8.37. The van der Waals surface area contributed by atoms with Gasteiger partial charge in [0, 0.05) is 32.5 Å². The summed E-state index contributed by atoms with van der Waals surface area (Å²) < 4.78 is 9.85. The number of unbranched alkanes of at least 4 members (excludes halogenated alkanes) is 1. The van der Waals surface area contributed by atoms with Gasteiger partial charge in [-0.3, -0.25) is 18.6 Å². The number of hydrogen-bond acceptors (Lipinski definition) is 4. The zero-order valence-electron chi connectivity index (χ0n) is 14.9. The lowest BCUT2D eigenvalue weighted by Crippen LogP contribution is -2.41. The second kappa shape index (κ2) is 6.72. The van der Waals surface area contributed by atoms with E-state index in [9.17, 15) is 9.59 Å². The zero-order valence-corrected chi connectivity index (χ0v) is 14.9. The van der Waals surface area contributed by atoms with Crippen molar-refractivity contribution in [2.75, 3.05) is 7.11 Å². The largest absolute Gasteiger partial charge is 0.361 e. The summed E-state index contributed by atoms with van der Waals surface area (Å²) in [4.78, 5) is 28.9. The van der Waals surface area contributed by atoms with Crippen LogP contribution in [0.15, 0.2) is 28.0 Å². The van der Waals surface area contributed by atoms with E-state index in [1.807, 2.05) is 20.2 Å². The van der Waals surface area contributed by atoms with Gasteiger partial charge in [-0.15, -0.1) is 0 Å². The molecule has 1 atom stereocenters. The summed E-state index contributed by atoms with van der Waals surface area (Å²) >= 11 is 0. The summed E-state index contributed by atoms with van der Waals surface area (Å²) in [6.45, 7) is 4.20. The van der Waals surface area contributed by atoms with Gasteiger partial charge in [-0.05, 0) is 19.4 Å². The maximum atomic E-state index is 12.9. The Bertz CT molecular complexity index is 1010. The second-order valence-electron chi connectivity index (χ2n) is 6.14. The zero-order chi connectivity index (χ0) is 18.1. The van der Waals surface area contributed by atoms with Crippen molar-refractivity contribution in [1.82, 2.24) is 23.9 Å². The fourth-order valence-electron chi connectivity index (χ4n) is 2.94. The van der Waals surface area contributed by atoms with E-state index in [1.165, 1.54) is 9.13 Å². The Hall–Kier alpha value is -2.61. The third kappa shape index (κ3) is 2.93. The van der Waals surface area contributed by atoms with Crippen LogP contribution in [0.3, 0.4) is 0 Å². The van der Waals surface area contributed by atoms with Crippen LogP contribution in [0.1, 0.15) is 32.9 Å². The van der Waals surface area contributed by atoms with Crippen LogP contribution in [0, 0.1) is 0 Å². The van der Waals surface area contributed by atoms with E-state index in [1.54, 1.807) is 31.0 Å². The average Bonchev–Trinajstić information content (AvgIpc) is 3.21. The van der Waals surface area contributed by atoms with Crippen molar-refractivity contribution in [3.8, 4) is 11.3 Å². The standard InChI is InChI=1S/C17H23N5O3/c1-5-6-7-21-16(23)15-14(22(17(21)24)11(2)25-4)8-13(19-15)12-9-18-20(3)10-12/h8-11,19H,5-7H2,1-4H3. The molecule has 0 aliphatic carbocycles. The molecular weight excluding hydrogens is 322 g/mol. The van der Waals surface area contributed by atoms with Crippen LogP contribution in [0.5, 0.6) is 0 Å². The van der Waals surface area contributed by atoms with Crippen molar-refractivity contribution in [2.24, 2.45) is 7.05 Å². The van der Waals surface area contributed by atoms with Crippen molar-refractivity contribution in [2.45, 2.75) is 39.5 Å². The van der Waals surface area contributed by atoms with Gasteiger partial charge < -0.3 is 9.72 Å². The van der Waals surface area contributed by atoms with Gasteiger partial charge in [-0.1, -0.05) is 13.3 Å². The predicted molar refractivity (Wildman–Crippen MR) is 95.6 cm³/mol. The van der Waals surface area contributed by atoms with E-state index in [2.05, 4.69) is 10.1 Å². The molecule has 3 aromatic heterocycles. The van der Waals surface area contributed by atoms with Crippen LogP contribution >= 0.6 is 0 Å². The van der Waals surface area contributed by atoms with Gasteiger partial charge in [0.25, 0.3) is 5.56 Å². The van der Waals surface area contributed by atoms with Crippen LogP contribution in [0.4, 0.5) is 0 Å². The van der Waals surface area contributed by atoms with Crippen molar-refractivity contribution in [3.05, 3.63) is 39.3 Å². The lowest BCUT2D eigenvalue weighted by atomic mass is 10.2. The Labute approximate surface area is 144 Å². The van der Waals surface area contributed by atoms with Gasteiger partial charge >= 0.3 is 5.69 Å². The van der Waals surface area contributed by atoms with E-state index in [-0.39, 0.29) is 11.2 Å². The van der Waals surface area contributed by atoms with E-state index >= 15 is 0 Å². The molecule has 1 N–H and O–H groups in total. The Morgan fingerprint density at radius 2 is 2.12 bits per heavy atom. The lowest BCUT2D eigenvalue weighted by molar-refractivity contribution is 0.0590. The summed E-state index contributed by atoms with van der Waals surface area (Å²) in [5.41, 5.74) is 1.88. The minimum atomic E-state index is -0.485. The normalized spacial score (nSPS) is 12.8. The van der Waals surface area contributed by atoms with Crippen molar-refractivity contribution in [3.63, 3.8) is 0 Å². The molecule has 134 valence electrons. The number of rotatable bonds is 6. The maximum absolute atomic E-state index is 12.9. The van der Waals surface area contributed by atoms with E-state index in [4.69, 9.17) is 4.74 Å². The molecule has 0 fully saturated rings. The molecule has 0 aliphatic rings. The number of fused-ring (bicyclic) bond motifs is 1. The fourth-order valence-corrected chi connectivity index (χ4v) is 2.94. The molecule has 25 heavy (non-hydrogen) atoms. The first-order valence-electron chi connectivity index (χ1n) is 8.37. The van der Waals surface area contributed by atoms with Crippen LogP contribution in [0.2, 0.25) is 0 Å². The van der Waals surface area contributed by atoms with E-state index in [0.29, 0.717) is 17.6 Å². The molecular formula is C17H23N5O3. The molecule has 8 heteroatoms. The number of nitrogens with zero attached hydrogens (tertiary/aromatic N) is 4. The number of ether oxygens (including phenoxy) is 1. The number of aromatic nitrogens is 5. The molecule has 0 spiro atoms. The third-order valence-corrected chi connectivity index (χ3v) is 4.41. The van der Waals surface area contributed by atoms with Gasteiger partial charge in [-0.2, -0.15) is 5.10 Å². The fraction of sp³-hybridized carbons (Fsp3) is 0.471. The number of methoxy groups -OCH3 is 1. The van der Waals surface area contributed by atoms with Crippen molar-refractivity contribution in [1.29, 1.82) is 0 Å². The van der Waals surface area contributed by atoms with Crippen LogP contribution in [-0.2, 0) is 18.3 Å².